The zero-order valence-corrected chi connectivity index (χ0v) is 29.8. The molecule has 52 heavy (non-hydrogen) atoms. The van der Waals surface area contributed by atoms with Crippen LogP contribution < -0.4 is 61.0 Å². The number of primary amides is 2. The fourth-order valence-electron chi connectivity index (χ4n) is 4.62. The van der Waals surface area contributed by atoms with Gasteiger partial charge in [0.25, 0.3) is 0 Å². The quantitative estimate of drug-likeness (QED) is 0.0223. The number of nitrogens with zero attached hydrogens (tertiary/aromatic N) is 1. The van der Waals surface area contributed by atoms with Crippen LogP contribution in [0.1, 0.15) is 72.1 Å². The van der Waals surface area contributed by atoms with Crippen molar-refractivity contribution in [3.63, 3.8) is 0 Å². The van der Waals surface area contributed by atoms with Crippen molar-refractivity contribution in [1.82, 2.24) is 26.6 Å². The van der Waals surface area contributed by atoms with Crippen LogP contribution in [0.4, 0.5) is 0 Å². The van der Waals surface area contributed by atoms with Crippen molar-refractivity contribution in [1.29, 1.82) is 0 Å². The Labute approximate surface area is 301 Å². The molecule has 0 saturated heterocycles. The van der Waals surface area contributed by atoms with Gasteiger partial charge < -0.3 is 71.2 Å². The van der Waals surface area contributed by atoms with Gasteiger partial charge in [-0.05, 0) is 57.9 Å². The number of rotatable bonds is 26. The van der Waals surface area contributed by atoms with E-state index in [1.165, 1.54) is 6.92 Å². The number of hydrogen-bond acceptors (Lipinski definition) is 12. The minimum Gasteiger partial charge on any atom is -0.481 e. The summed E-state index contributed by atoms with van der Waals surface area (Å²) >= 11 is 0. The predicted molar refractivity (Wildman–Crippen MR) is 187 cm³/mol. The first kappa shape index (κ1) is 46.9. The number of aliphatic hydroxyl groups is 1. The van der Waals surface area contributed by atoms with Crippen LogP contribution in [0.2, 0.25) is 0 Å². The molecule has 22 heteroatoms. The lowest BCUT2D eigenvalue weighted by Crippen LogP contribution is -2.60. The highest BCUT2D eigenvalue weighted by Gasteiger charge is 2.34. The number of carbonyl (C=O) groups is 8. The molecule has 296 valence electrons. The first-order valence-corrected chi connectivity index (χ1v) is 16.7. The Morgan fingerprint density at radius 1 is 0.635 bits per heavy atom. The summed E-state index contributed by atoms with van der Waals surface area (Å²) in [6.07, 6.45) is -2.09. The maximum absolute atomic E-state index is 13.4. The molecule has 0 aliphatic heterocycles. The number of carboxylic acids is 1. The summed E-state index contributed by atoms with van der Waals surface area (Å²) in [4.78, 5) is 105. The standard InChI is InChI=1S/C30H56N12O10/c1-14(2)11-18(24(34)47)40-25(48)16(7-4-5-9-31)38-28(51)20(13-22(45)46)42-27(50)19(12-21(32)44)41-26(49)17(8-6-10-37-30(35)36)39-29(52)23(33)15(3)43/h14-20,23,43H,4-13,31,33H2,1-3H3,(H2,32,44)(H2,34,47)(H,38,51)(H,39,52)(H,40,48)(H,41,49)(H,42,50)(H,45,46)(H4,35,36,37)/t15-,16+,17+,18+,19+,20+,23+/m1/s1. The Morgan fingerprint density at radius 3 is 1.50 bits per heavy atom. The highest BCUT2D eigenvalue weighted by atomic mass is 16.4. The normalized spacial score (nSPS) is 15.0. The molecule has 0 radical (unpaired) electrons. The van der Waals surface area contributed by atoms with Crippen LogP contribution in [0.5, 0.6) is 0 Å². The number of guanidine groups is 1. The predicted octanol–water partition coefficient (Wildman–Crippen LogP) is -5.82. The number of unbranched alkanes of at least 4 members (excludes halogenated alkanes) is 1. The van der Waals surface area contributed by atoms with E-state index in [-0.39, 0.29) is 50.7 Å². The lowest BCUT2D eigenvalue weighted by atomic mass is 10.0. The van der Waals surface area contributed by atoms with Gasteiger partial charge in [0.15, 0.2) is 5.96 Å². The topological polar surface area (TPSA) is 406 Å². The van der Waals surface area contributed by atoms with Crippen LogP contribution in [0, 0.1) is 5.92 Å². The van der Waals surface area contributed by atoms with E-state index >= 15 is 0 Å². The number of carbonyl (C=O) groups excluding carboxylic acids is 7. The van der Waals surface area contributed by atoms with E-state index in [0.29, 0.717) is 12.8 Å². The van der Waals surface area contributed by atoms with Gasteiger partial charge in [0, 0.05) is 6.54 Å². The zero-order chi connectivity index (χ0) is 40.1. The van der Waals surface area contributed by atoms with E-state index in [9.17, 15) is 48.6 Å². The van der Waals surface area contributed by atoms with Gasteiger partial charge in [-0.1, -0.05) is 13.8 Å². The first-order valence-electron chi connectivity index (χ1n) is 16.7. The number of hydrogen-bond donors (Lipinski definition) is 13. The Balaban J connectivity index is 6.26. The fourth-order valence-corrected chi connectivity index (χ4v) is 4.62. The monoisotopic (exact) mass is 744 g/mol. The van der Waals surface area contributed by atoms with Gasteiger partial charge in [-0.25, -0.2) is 0 Å². The molecular formula is C30H56N12O10. The minimum atomic E-state index is -1.84. The number of nitrogens with one attached hydrogen (secondary N) is 5. The van der Waals surface area contributed by atoms with Gasteiger partial charge in [-0.15, -0.1) is 0 Å². The Kier molecular flexibility index (Phi) is 21.8. The van der Waals surface area contributed by atoms with E-state index in [4.69, 9.17) is 34.4 Å². The molecule has 0 spiro atoms. The van der Waals surface area contributed by atoms with Crippen molar-refractivity contribution in [2.75, 3.05) is 13.1 Å². The molecule has 22 nitrogen and oxygen atoms in total. The molecule has 19 N–H and O–H groups in total. The Hall–Kier alpha value is -5.09. The van der Waals surface area contributed by atoms with Crippen LogP contribution in [0.15, 0.2) is 4.99 Å². The maximum Gasteiger partial charge on any atom is 0.305 e. The molecule has 0 bridgehead atoms. The summed E-state index contributed by atoms with van der Waals surface area (Å²) < 4.78 is 0. The van der Waals surface area contributed by atoms with Crippen LogP contribution in [0.3, 0.4) is 0 Å². The lowest BCUT2D eigenvalue weighted by Gasteiger charge is -2.27. The summed E-state index contributed by atoms with van der Waals surface area (Å²) in [6, 6.07) is -8.85. The Morgan fingerprint density at radius 2 is 1.08 bits per heavy atom. The third kappa shape index (κ3) is 19.3. The molecule has 0 saturated carbocycles. The van der Waals surface area contributed by atoms with Gasteiger partial charge in [-0.3, -0.25) is 43.3 Å². The van der Waals surface area contributed by atoms with Crippen molar-refractivity contribution < 1.29 is 48.6 Å². The molecule has 0 aliphatic carbocycles. The van der Waals surface area contributed by atoms with Crippen molar-refractivity contribution in [3.8, 4) is 0 Å². The molecule has 0 aliphatic rings. The molecule has 0 aromatic heterocycles. The lowest BCUT2D eigenvalue weighted by molar-refractivity contribution is -0.142. The van der Waals surface area contributed by atoms with Crippen LogP contribution in [-0.4, -0.2) is 119 Å². The molecule has 0 heterocycles. The van der Waals surface area contributed by atoms with E-state index in [0.717, 1.165) is 0 Å². The summed E-state index contributed by atoms with van der Waals surface area (Å²) in [6.45, 7) is 5.14. The van der Waals surface area contributed by atoms with Crippen molar-refractivity contribution in [2.24, 2.45) is 45.3 Å². The third-order valence-electron chi connectivity index (χ3n) is 7.40. The van der Waals surface area contributed by atoms with Gasteiger partial charge in [0.2, 0.25) is 41.4 Å². The number of aliphatic hydroxyl groups excluding tert-OH is 1. The molecular weight excluding hydrogens is 688 g/mol. The molecule has 0 rings (SSSR count). The van der Waals surface area contributed by atoms with Crippen molar-refractivity contribution in [3.05, 3.63) is 0 Å². The largest absolute Gasteiger partial charge is 0.481 e. The molecule has 7 amide bonds. The third-order valence-corrected chi connectivity index (χ3v) is 7.40. The van der Waals surface area contributed by atoms with E-state index in [2.05, 4.69) is 31.6 Å². The van der Waals surface area contributed by atoms with Gasteiger partial charge in [0.05, 0.1) is 18.9 Å². The van der Waals surface area contributed by atoms with E-state index < -0.39 is 103 Å². The highest BCUT2D eigenvalue weighted by Crippen LogP contribution is 2.09. The number of nitrogens with two attached hydrogens (primary N) is 6. The number of aliphatic imine (C=N–C) groups is 1. The maximum atomic E-state index is 13.4. The molecule has 0 fully saturated rings. The van der Waals surface area contributed by atoms with E-state index in [1.54, 1.807) is 13.8 Å². The number of carboxylic acid groups (broad SMARTS) is 1. The zero-order valence-electron chi connectivity index (χ0n) is 29.8. The van der Waals surface area contributed by atoms with Gasteiger partial charge >= 0.3 is 5.97 Å². The average Bonchev–Trinajstić information content (AvgIpc) is 3.03. The minimum absolute atomic E-state index is 0.0189. The molecule has 0 unspecified atom stereocenters. The average molecular weight is 745 g/mol. The van der Waals surface area contributed by atoms with Crippen LogP contribution >= 0.6 is 0 Å². The second kappa shape index (κ2) is 24.2. The van der Waals surface area contributed by atoms with Crippen molar-refractivity contribution in [2.45, 2.75) is 114 Å². The van der Waals surface area contributed by atoms with E-state index in [1.807, 2.05) is 0 Å². The summed E-state index contributed by atoms with van der Waals surface area (Å²) in [5.74, 6) is -8.77. The summed E-state index contributed by atoms with van der Waals surface area (Å²) in [5.41, 5.74) is 32.6. The highest BCUT2D eigenvalue weighted by molar-refractivity contribution is 5.98. The second-order valence-electron chi connectivity index (χ2n) is 12.6. The van der Waals surface area contributed by atoms with Crippen LogP contribution in [-0.2, 0) is 38.4 Å². The molecule has 7 atom stereocenters. The number of aliphatic carboxylic acids is 1. The van der Waals surface area contributed by atoms with Crippen LogP contribution in [0.25, 0.3) is 0 Å². The molecule has 0 aromatic rings. The molecule has 0 aromatic carbocycles. The Bertz CT molecular complexity index is 1280. The smallest absolute Gasteiger partial charge is 0.305 e. The summed E-state index contributed by atoms with van der Waals surface area (Å²) in [5, 5.41) is 30.9. The van der Waals surface area contributed by atoms with Gasteiger partial charge in [-0.2, -0.15) is 0 Å². The first-order chi connectivity index (χ1) is 24.2. The fraction of sp³-hybridized carbons (Fsp3) is 0.700. The number of amides is 7. The SMILES string of the molecule is CC(C)C[C@H](NC(=O)[C@H](CCCCN)NC(=O)[C@H](CC(=O)O)NC(=O)[C@H](CC(N)=O)NC(=O)[C@H](CCCN=C(N)N)NC(=O)[C@@H](N)[C@@H](C)O)C(N)=O. The van der Waals surface area contributed by atoms with Gasteiger partial charge in [0.1, 0.15) is 36.3 Å². The summed E-state index contributed by atoms with van der Waals surface area (Å²) in [7, 11) is 0. The van der Waals surface area contributed by atoms with Crippen molar-refractivity contribution >= 4 is 53.3 Å². The second-order valence-corrected chi connectivity index (χ2v) is 12.6.